The first-order valence-corrected chi connectivity index (χ1v) is 5.26. The number of hydrogen-bond donors (Lipinski definition) is 0. The highest BCUT2D eigenvalue weighted by Crippen LogP contribution is 2.16. The molecule has 0 aliphatic heterocycles. The van der Waals surface area contributed by atoms with Gasteiger partial charge in [-0.2, -0.15) is 8.42 Å². The molecule has 0 unspecified atom stereocenters. The van der Waals surface area contributed by atoms with Gasteiger partial charge < -0.3 is 0 Å². The molecule has 0 rings (SSSR count). The Bertz CT molecular complexity index is 306. The summed E-state index contributed by atoms with van der Waals surface area (Å²) in [4.78, 5) is 0. The van der Waals surface area contributed by atoms with Gasteiger partial charge in [0.15, 0.2) is 4.75 Å². The molecule has 0 fully saturated rings. The van der Waals surface area contributed by atoms with Crippen molar-refractivity contribution in [3.63, 3.8) is 0 Å². The van der Waals surface area contributed by atoms with Gasteiger partial charge in [0.05, 0.1) is 6.61 Å². The summed E-state index contributed by atoms with van der Waals surface area (Å²) in [5.74, 6) is 2.17. The van der Waals surface area contributed by atoms with Gasteiger partial charge >= 0.3 is 0 Å². The van der Waals surface area contributed by atoms with Crippen LogP contribution in [-0.2, 0) is 14.3 Å². The predicted octanol–water partition coefficient (Wildman–Crippen LogP) is 1.32. The Morgan fingerprint density at radius 3 is 2.54 bits per heavy atom. The third-order valence-electron chi connectivity index (χ3n) is 1.53. The largest absolute Gasteiger partial charge is 0.284 e. The summed E-state index contributed by atoms with van der Waals surface area (Å²) in [6.45, 7) is 6.40. The van der Waals surface area contributed by atoms with E-state index in [2.05, 4.69) is 16.7 Å². The van der Waals surface area contributed by atoms with Gasteiger partial charge in [0.2, 0.25) is 0 Å². The van der Waals surface area contributed by atoms with Crippen molar-refractivity contribution in [2.24, 2.45) is 0 Å². The van der Waals surface area contributed by atoms with E-state index < -0.39 is 14.9 Å². The molecular formula is C9H14O3S. The Morgan fingerprint density at radius 1 is 1.62 bits per heavy atom. The fourth-order valence-corrected chi connectivity index (χ4v) is 1.22. The van der Waals surface area contributed by atoms with Crippen molar-refractivity contribution in [1.82, 2.24) is 0 Å². The average Bonchev–Trinajstić information content (AvgIpc) is 2.04. The van der Waals surface area contributed by atoms with Crippen molar-refractivity contribution in [2.75, 3.05) is 6.61 Å². The van der Waals surface area contributed by atoms with Gasteiger partial charge in [0, 0.05) is 0 Å². The van der Waals surface area contributed by atoms with Crippen molar-refractivity contribution in [1.29, 1.82) is 0 Å². The van der Waals surface area contributed by atoms with E-state index in [0.717, 1.165) is 0 Å². The third-order valence-corrected chi connectivity index (χ3v) is 3.38. The summed E-state index contributed by atoms with van der Waals surface area (Å²) >= 11 is 0. The topological polar surface area (TPSA) is 43.4 Å². The van der Waals surface area contributed by atoms with Crippen LogP contribution in [0.3, 0.4) is 0 Å². The normalized spacial score (nSPS) is 12.1. The summed E-state index contributed by atoms with van der Waals surface area (Å²) < 4.78 is 26.1. The SMILES string of the molecule is C#CC(C)(C)S(=O)(=O)OCCC=C. The molecule has 0 spiro atoms. The van der Waals surface area contributed by atoms with E-state index >= 15 is 0 Å². The molecule has 13 heavy (non-hydrogen) atoms. The van der Waals surface area contributed by atoms with Crippen LogP contribution >= 0.6 is 0 Å². The molecule has 0 saturated carbocycles. The molecule has 0 atom stereocenters. The third kappa shape index (κ3) is 3.21. The van der Waals surface area contributed by atoms with Gasteiger partial charge in [-0.25, -0.2) is 0 Å². The Labute approximate surface area is 79.9 Å². The minimum Gasteiger partial charge on any atom is -0.269 e. The van der Waals surface area contributed by atoms with Gasteiger partial charge in [0.25, 0.3) is 10.1 Å². The molecule has 0 heterocycles. The minimum absolute atomic E-state index is 0.0942. The smallest absolute Gasteiger partial charge is 0.269 e. The molecule has 3 nitrogen and oxygen atoms in total. The van der Waals surface area contributed by atoms with Gasteiger partial charge in [0.1, 0.15) is 0 Å². The summed E-state index contributed by atoms with van der Waals surface area (Å²) in [5.41, 5.74) is 0. The Balaban J connectivity index is 4.44. The first-order valence-electron chi connectivity index (χ1n) is 3.85. The van der Waals surface area contributed by atoms with Crippen molar-refractivity contribution in [2.45, 2.75) is 25.0 Å². The number of rotatable bonds is 5. The van der Waals surface area contributed by atoms with Gasteiger partial charge in [-0.15, -0.1) is 13.0 Å². The van der Waals surface area contributed by atoms with Crippen molar-refractivity contribution < 1.29 is 12.6 Å². The minimum atomic E-state index is -3.67. The molecule has 0 bridgehead atoms. The van der Waals surface area contributed by atoms with Crippen LogP contribution in [0.25, 0.3) is 0 Å². The maximum atomic E-state index is 11.4. The molecule has 0 aromatic rings. The van der Waals surface area contributed by atoms with E-state index in [4.69, 9.17) is 6.42 Å². The Kier molecular flexibility index (Phi) is 4.18. The maximum absolute atomic E-state index is 11.4. The molecule has 74 valence electrons. The van der Waals surface area contributed by atoms with E-state index in [-0.39, 0.29) is 6.61 Å². The first kappa shape index (κ1) is 12.2. The molecule has 0 aromatic heterocycles. The molecule has 4 heteroatoms. The predicted molar refractivity (Wildman–Crippen MR) is 52.6 cm³/mol. The van der Waals surface area contributed by atoms with Crippen LogP contribution in [-0.4, -0.2) is 19.8 Å². The molecular weight excluding hydrogens is 188 g/mol. The second-order valence-corrected chi connectivity index (χ2v) is 5.17. The van der Waals surface area contributed by atoms with Crippen molar-refractivity contribution in [3.05, 3.63) is 12.7 Å². The van der Waals surface area contributed by atoms with E-state index in [9.17, 15) is 8.42 Å². The second kappa shape index (κ2) is 4.45. The van der Waals surface area contributed by atoms with Crippen LogP contribution in [0, 0.1) is 12.3 Å². The van der Waals surface area contributed by atoms with E-state index in [1.165, 1.54) is 13.8 Å². The zero-order valence-corrected chi connectivity index (χ0v) is 8.73. The van der Waals surface area contributed by atoms with Gasteiger partial charge in [-0.1, -0.05) is 12.0 Å². The summed E-state index contributed by atoms with van der Waals surface area (Å²) in [5, 5.41) is 0. The van der Waals surface area contributed by atoms with Crippen LogP contribution in [0.5, 0.6) is 0 Å². The van der Waals surface area contributed by atoms with Crippen LogP contribution in [0.1, 0.15) is 20.3 Å². The molecule has 0 N–H and O–H groups in total. The molecule has 0 saturated heterocycles. The average molecular weight is 202 g/mol. The fourth-order valence-electron chi connectivity index (χ4n) is 0.461. The van der Waals surface area contributed by atoms with E-state index in [1.807, 2.05) is 0 Å². The van der Waals surface area contributed by atoms with Crippen LogP contribution in [0.4, 0.5) is 0 Å². The van der Waals surface area contributed by atoms with E-state index in [0.29, 0.717) is 6.42 Å². The maximum Gasteiger partial charge on any atom is 0.284 e. The lowest BCUT2D eigenvalue weighted by molar-refractivity contribution is 0.315. The lowest BCUT2D eigenvalue weighted by atomic mass is 10.2. The number of hydrogen-bond acceptors (Lipinski definition) is 3. The molecule has 0 aliphatic rings. The van der Waals surface area contributed by atoms with Crippen molar-refractivity contribution >= 4 is 10.1 Å². The highest BCUT2D eigenvalue weighted by Gasteiger charge is 2.32. The van der Waals surface area contributed by atoms with E-state index in [1.54, 1.807) is 6.08 Å². The van der Waals surface area contributed by atoms with Crippen LogP contribution in [0.15, 0.2) is 12.7 Å². The molecule has 0 amide bonds. The van der Waals surface area contributed by atoms with Gasteiger partial charge in [-0.3, -0.25) is 4.18 Å². The molecule has 0 aliphatic carbocycles. The summed E-state index contributed by atoms with van der Waals surface area (Å²) in [6.07, 6.45) is 7.14. The van der Waals surface area contributed by atoms with Gasteiger partial charge in [-0.05, 0) is 20.3 Å². The quantitative estimate of drug-likeness (QED) is 0.292. The summed E-state index contributed by atoms with van der Waals surface area (Å²) in [7, 11) is -3.67. The first-order chi connectivity index (χ1) is 5.87. The Morgan fingerprint density at radius 2 is 2.15 bits per heavy atom. The standard InChI is InChI=1S/C9H14O3S/c1-5-7-8-12-13(10,11)9(3,4)6-2/h2,5H,1,7-8H2,3-4H3. The highest BCUT2D eigenvalue weighted by molar-refractivity contribution is 7.88. The zero-order chi connectivity index (χ0) is 10.5. The molecule has 0 aromatic carbocycles. The lowest BCUT2D eigenvalue weighted by Gasteiger charge is -2.17. The zero-order valence-electron chi connectivity index (χ0n) is 7.91. The molecule has 0 radical (unpaired) electrons. The van der Waals surface area contributed by atoms with Crippen LogP contribution in [0.2, 0.25) is 0 Å². The van der Waals surface area contributed by atoms with Crippen molar-refractivity contribution in [3.8, 4) is 12.3 Å². The Hall–Kier alpha value is -0.790. The lowest BCUT2D eigenvalue weighted by Crippen LogP contribution is -2.31. The summed E-state index contributed by atoms with van der Waals surface area (Å²) in [6, 6.07) is 0. The highest BCUT2D eigenvalue weighted by atomic mass is 32.2. The fraction of sp³-hybridized carbons (Fsp3) is 0.556. The number of terminal acetylenes is 1. The van der Waals surface area contributed by atoms with Crippen LogP contribution < -0.4 is 0 Å². The second-order valence-electron chi connectivity index (χ2n) is 3.01. The monoisotopic (exact) mass is 202 g/mol.